The summed E-state index contributed by atoms with van der Waals surface area (Å²) in [5.74, 6) is -0.753. The minimum atomic E-state index is -0.877. The van der Waals surface area contributed by atoms with Gasteiger partial charge in [0.1, 0.15) is 5.78 Å². The lowest BCUT2D eigenvalue weighted by Gasteiger charge is -2.14. The Morgan fingerprint density at radius 2 is 1.57 bits per heavy atom. The van der Waals surface area contributed by atoms with E-state index in [1.54, 1.807) is 18.2 Å². The maximum absolute atomic E-state index is 12.2. The number of nitrogen functional groups attached to an aromatic ring is 2. The van der Waals surface area contributed by atoms with Crippen LogP contribution in [-0.2, 0) is 14.4 Å². The minimum absolute atomic E-state index is 0.0211. The SMILES string of the molecule is NC1=CC(=O)C(N)C=C1C(=O)CCC(=O)CCCCCC(=O)c1cc(N)ccc1N. The maximum Gasteiger partial charge on any atom is 0.178 e. The van der Waals surface area contributed by atoms with Crippen molar-refractivity contribution >= 4 is 34.5 Å². The molecule has 0 aliphatic heterocycles. The van der Waals surface area contributed by atoms with E-state index in [2.05, 4.69) is 0 Å². The van der Waals surface area contributed by atoms with Crippen LogP contribution < -0.4 is 22.9 Å². The average Bonchev–Trinajstić information content (AvgIpc) is 2.70. The molecule has 1 aliphatic rings. The molecule has 0 bridgehead atoms. The highest BCUT2D eigenvalue weighted by Crippen LogP contribution is 2.19. The van der Waals surface area contributed by atoms with E-state index in [1.807, 2.05) is 0 Å². The normalized spacial score (nSPS) is 16.0. The van der Waals surface area contributed by atoms with Gasteiger partial charge in [0.05, 0.1) is 6.04 Å². The predicted octanol–water partition coefficient (Wildman–Crippen LogP) is 1.58. The molecule has 1 aliphatic carbocycles. The van der Waals surface area contributed by atoms with Crippen molar-refractivity contribution in [3.8, 4) is 0 Å². The number of nitrogens with two attached hydrogens (primary N) is 4. The molecule has 8 nitrogen and oxygen atoms in total. The van der Waals surface area contributed by atoms with E-state index < -0.39 is 6.04 Å². The number of benzene rings is 1. The molecule has 0 aromatic heterocycles. The molecule has 160 valence electrons. The monoisotopic (exact) mass is 412 g/mol. The average molecular weight is 412 g/mol. The van der Waals surface area contributed by atoms with Gasteiger partial charge in [-0.25, -0.2) is 0 Å². The highest BCUT2D eigenvalue weighted by atomic mass is 16.1. The predicted molar refractivity (Wildman–Crippen MR) is 115 cm³/mol. The Hall–Kier alpha value is -3.26. The maximum atomic E-state index is 12.2. The number of ketones is 4. The zero-order chi connectivity index (χ0) is 22.3. The first kappa shape index (κ1) is 23.0. The topological polar surface area (TPSA) is 172 Å². The molecule has 0 fully saturated rings. The first-order chi connectivity index (χ1) is 14.2. The Morgan fingerprint density at radius 1 is 0.867 bits per heavy atom. The van der Waals surface area contributed by atoms with Crippen LogP contribution in [0.2, 0.25) is 0 Å². The molecule has 0 saturated carbocycles. The van der Waals surface area contributed by atoms with E-state index in [0.29, 0.717) is 49.0 Å². The summed E-state index contributed by atoms with van der Waals surface area (Å²) in [7, 11) is 0. The number of unbranched alkanes of at least 4 members (excludes halogenated alkanes) is 2. The number of allylic oxidation sites excluding steroid dienone is 1. The lowest BCUT2D eigenvalue weighted by atomic mass is 9.93. The van der Waals surface area contributed by atoms with Crippen molar-refractivity contribution in [1.29, 1.82) is 0 Å². The number of carbonyl (C=O) groups is 4. The van der Waals surface area contributed by atoms with Crippen molar-refractivity contribution in [2.45, 2.75) is 51.0 Å². The molecular formula is C22H28N4O4. The van der Waals surface area contributed by atoms with E-state index in [-0.39, 0.29) is 47.2 Å². The van der Waals surface area contributed by atoms with Gasteiger partial charge in [-0.15, -0.1) is 0 Å². The van der Waals surface area contributed by atoms with Crippen molar-refractivity contribution in [1.82, 2.24) is 0 Å². The Kier molecular flexibility index (Phi) is 8.06. The third kappa shape index (κ3) is 6.38. The van der Waals surface area contributed by atoms with E-state index >= 15 is 0 Å². The van der Waals surface area contributed by atoms with Gasteiger partial charge >= 0.3 is 0 Å². The molecular weight excluding hydrogens is 384 g/mol. The molecule has 0 spiro atoms. The highest BCUT2D eigenvalue weighted by molar-refractivity contribution is 6.07. The molecule has 8 N–H and O–H groups in total. The van der Waals surface area contributed by atoms with Crippen LogP contribution in [0.1, 0.15) is 55.3 Å². The lowest BCUT2D eigenvalue weighted by Crippen LogP contribution is -2.33. The van der Waals surface area contributed by atoms with Crippen LogP contribution in [0.3, 0.4) is 0 Å². The number of carbonyl (C=O) groups excluding carboxylic acids is 4. The van der Waals surface area contributed by atoms with Crippen LogP contribution in [0.15, 0.2) is 41.6 Å². The van der Waals surface area contributed by atoms with E-state index in [0.717, 1.165) is 6.08 Å². The standard InChI is InChI=1S/C22H28N4O4/c23-13-6-8-17(24)15(10-13)20(28)5-3-1-2-4-14(27)7-9-21(29)16-11-19(26)22(30)12-18(16)25/h6,8,10-12,19H,1-5,7,9,23-26H2. The molecule has 1 aromatic rings. The second-order valence-electron chi connectivity index (χ2n) is 7.40. The molecule has 0 saturated heterocycles. The summed E-state index contributed by atoms with van der Waals surface area (Å²) < 4.78 is 0. The third-order valence-electron chi connectivity index (χ3n) is 4.95. The summed E-state index contributed by atoms with van der Waals surface area (Å²) in [6.45, 7) is 0. The van der Waals surface area contributed by atoms with Crippen molar-refractivity contribution in [2.75, 3.05) is 11.5 Å². The summed E-state index contributed by atoms with van der Waals surface area (Å²) in [6, 6.07) is 3.95. The van der Waals surface area contributed by atoms with E-state index in [1.165, 1.54) is 6.08 Å². The van der Waals surface area contributed by atoms with Gasteiger partial charge in [-0.3, -0.25) is 19.2 Å². The zero-order valence-corrected chi connectivity index (χ0v) is 16.9. The van der Waals surface area contributed by atoms with Gasteiger partial charge in [0.25, 0.3) is 0 Å². The van der Waals surface area contributed by atoms with Gasteiger partial charge < -0.3 is 22.9 Å². The fraction of sp³-hybridized carbons (Fsp3) is 0.364. The van der Waals surface area contributed by atoms with E-state index in [4.69, 9.17) is 22.9 Å². The van der Waals surface area contributed by atoms with Gasteiger partial charge in [-0.1, -0.05) is 6.42 Å². The van der Waals surface area contributed by atoms with Crippen LogP contribution in [-0.4, -0.2) is 29.2 Å². The molecule has 8 heteroatoms. The van der Waals surface area contributed by atoms with Crippen molar-refractivity contribution in [3.63, 3.8) is 0 Å². The second-order valence-corrected chi connectivity index (χ2v) is 7.40. The highest BCUT2D eigenvalue weighted by Gasteiger charge is 2.22. The quantitative estimate of drug-likeness (QED) is 0.241. The van der Waals surface area contributed by atoms with E-state index in [9.17, 15) is 19.2 Å². The van der Waals surface area contributed by atoms with Crippen LogP contribution in [0.4, 0.5) is 11.4 Å². The lowest BCUT2D eigenvalue weighted by molar-refractivity contribution is -0.122. The summed E-state index contributed by atoms with van der Waals surface area (Å²) in [6.07, 6.45) is 5.27. The van der Waals surface area contributed by atoms with Crippen LogP contribution >= 0.6 is 0 Å². The minimum Gasteiger partial charge on any atom is -0.399 e. The summed E-state index contributed by atoms with van der Waals surface area (Å²) >= 11 is 0. The first-order valence-corrected chi connectivity index (χ1v) is 9.91. The van der Waals surface area contributed by atoms with Crippen LogP contribution in [0.5, 0.6) is 0 Å². The van der Waals surface area contributed by atoms with Crippen LogP contribution in [0.25, 0.3) is 0 Å². The fourth-order valence-corrected chi connectivity index (χ4v) is 3.19. The molecule has 30 heavy (non-hydrogen) atoms. The van der Waals surface area contributed by atoms with Gasteiger partial charge in [-0.2, -0.15) is 0 Å². The van der Waals surface area contributed by atoms with Crippen molar-refractivity contribution in [3.05, 3.63) is 47.2 Å². The number of hydrogen-bond acceptors (Lipinski definition) is 8. The fourth-order valence-electron chi connectivity index (χ4n) is 3.19. The van der Waals surface area contributed by atoms with Gasteiger partial charge in [0, 0.05) is 60.0 Å². The number of hydrogen-bond donors (Lipinski definition) is 4. The molecule has 2 rings (SSSR count). The summed E-state index contributed by atoms with van der Waals surface area (Å²) in [5.41, 5.74) is 24.4. The number of rotatable bonds is 11. The molecule has 1 unspecified atom stereocenters. The second kappa shape index (κ2) is 10.5. The van der Waals surface area contributed by atoms with Gasteiger partial charge in [0.2, 0.25) is 0 Å². The zero-order valence-electron chi connectivity index (χ0n) is 16.9. The Labute approximate surface area is 175 Å². The van der Waals surface area contributed by atoms with Gasteiger partial charge in [-0.05, 0) is 37.1 Å². The summed E-state index contributed by atoms with van der Waals surface area (Å²) in [5, 5.41) is 0. The number of Topliss-reactive ketones (excluding diaryl/α,β-unsaturated/α-hetero) is 3. The van der Waals surface area contributed by atoms with Crippen molar-refractivity contribution in [2.24, 2.45) is 11.5 Å². The van der Waals surface area contributed by atoms with Gasteiger partial charge in [0.15, 0.2) is 17.3 Å². The smallest absolute Gasteiger partial charge is 0.178 e. The summed E-state index contributed by atoms with van der Waals surface area (Å²) in [4.78, 5) is 47.9. The Bertz CT molecular complexity index is 918. The third-order valence-corrected chi connectivity index (χ3v) is 4.95. The molecule has 0 radical (unpaired) electrons. The molecule has 0 heterocycles. The first-order valence-electron chi connectivity index (χ1n) is 9.91. The Morgan fingerprint density at radius 3 is 2.30 bits per heavy atom. The Balaban J connectivity index is 1.67. The van der Waals surface area contributed by atoms with Crippen LogP contribution in [0, 0.1) is 0 Å². The molecule has 1 atom stereocenters. The molecule has 1 aromatic carbocycles. The number of anilines is 2. The largest absolute Gasteiger partial charge is 0.399 e. The molecule has 0 amide bonds. The van der Waals surface area contributed by atoms with Crippen molar-refractivity contribution < 1.29 is 19.2 Å².